The van der Waals surface area contributed by atoms with E-state index in [4.69, 9.17) is 27.1 Å². The van der Waals surface area contributed by atoms with Crippen LogP contribution in [0.3, 0.4) is 0 Å². The highest BCUT2D eigenvalue weighted by Crippen LogP contribution is 2.34. The lowest BCUT2D eigenvalue weighted by molar-refractivity contribution is 0.415. The number of imidazole rings is 1. The Labute approximate surface area is 183 Å². The van der Waals surface area contributed by atoms with Crippen molar-refractivity contribution in [3.8, 4) is 5.75 Å². The Morgan fingerprint density at radius 1 is 1.06 bits per heavy atom. The van der Waals surface area contributed by atoms with E-state index in [1.807, 2.05) is 41.0 Å². The molecule has 3 aromatic heterocycles. The number of nitrogen functional groups attached to an aromatic ring is 1. The predicted molar refractivity (Wildman–Crippen MR) is 124 cm³/mol. The minimum atomic E-state index is 0.393. The molecule has 0 spiro atoms. The topological polar surface area (TPSA) is 104 Å². The average molecular weight is 434 g/mol. The van der Waals surface area contributed by atoms with Gasteiger partial charge in [-0.15, -0.1) is 0 Å². The molecule has 0 atom stereocenters. The molecule has 0 saturated carbocycles. The van der Waals surface area contributed by atoms with E-state index in [1.165, 1.54) is 6.33 Å². The van der Waals surface area contributed by atoms with Gasteiger partial charge in [0.2, 0.25) is 0 Å². The van der Waals surface area contributed by atoms with E-state index in [9.17, 15) is 0 Å². The van der Waals surface area contributed by atoms with E-state index < -0.39 is 0 Å². The van der Waals surface area contributed by atoms with Crippen molar-refractivity contribution in [1.29, 1.82) is 0 Å². The molecule has 0 aliphatic carbocycles. The van der Waals surface area contributed by atoms with Gasteiger partial charge in [-0.1, -0.05) is 11.6 Å². The summed E-state index contributed by atoms with van der Waals surface area (Å²) in [6, 6.07) is 11.6. The third-order valence-corrected chi connectivity index (χ3v) is 5.49. The maximum Gasteiger partial charge on any atom is 0.165 e. The molecule has 0 aliphatic rings. The normalized spacial score (nSPS) is 11.4. The fourth-order valence-corrected chi connectivity index (χ4v) is 3.91. The second-order valence-corrected chi connectivity index (χ2v) is 7.62. The molecular formula is C22H20ClN7O. The summed E-state index contributed by atoms with van der Waals surface area (Å²) in [6.45, 7) is 1.49. The highest BCUT2D eigenvalue weighted by molar-refractivity contribution is 6.31. The number of pyridine rings is 1. The van der Waals surface area contributed by atoms with Crippen LogP contribution in [0.15, 0.2) is 49.1 Å². The van der Waals surface area contributed by atoms with Crippen LogP contribution in [0.5, 0.6) is 5.75 Å². The van der Waals surface area contributed by atoms with Crippen LogP contribution in [0.4, 0.5) is 11.5 Å². The SMILES string of the molecule is COc1ccc2nc3cc(Cl)ccc3c(NCCCn3cnc4c(N)ncnc43)c2c1. The number of benzene rings is 2. The minimum Gasteiger partial charge on any atom is -0.497 e. The molecule has 0 fully saturated rings. The van der Waals surface area contributed by atoms with E-state index in [-0.39, 0.29) is 0 Å². The molecule has 0 bridgehead atoms. The van der Waals surface area contributed by atoms with Crippen molar-refractivity contribution in [1.82, 2.24) is 24.5 Å². The molecule has 0 aliphatic heterocycles. The number of nitrogens with one attached hydrogen (secondary N) is 1. The Morgan fingerprint density at radius 2 is 1.97 bits per heavy atom. The van der Waals surface area contributed by atoms with Crippen molar-refractivity contribution in [3.05, 3.63) is 54.1 Å². The number of fused-ring (bicyclic) bond motifs is 3. The maximum atomic E-state index is 6.20. The van der Waals surface area contributed by atoms with Crippen LogP contribution >= 0.6 is 11.6 Å². The largest absolute Gasteiger partial charge is 0.497 e. The summed E-state index contributed by atoms with van der Waals surface area (Å²) in [4.78, 5) is 17.4. The second kappa shape index (κ2) is 7.88. The van der Waals surface area contributed by atoms with Gasteiger partial charge >= 0.3 is 0 Å². The van der Waals surface area contributed by atoms with Gasteiger partial charge in [0.15, 0.2) is 11.5 Å². The van der Waals surface area contributed by atoms with Crippen LogP contribution < -0.4 is 15.8 Å². The van der Waals surface area contributed by atoms with Crippen LogP contribution in [0.1, 0.15) is 6.42 Å². The van der Waals surface area contributed by atoms with E-state index in [2.05, 4.69) is 20.3 Å². The highest BCUT2D eigenvalue weighted by atomic mass is 35.5. The maximum absolute atomic E-state index is 6.20. The first-order valence-corrected chi connectivity index (χ1v) is 10.2. The van der Waals surface area contributed by atoms with E-state index in [1.54, 1.807) is 13.4 Å². The van der Waals surface area contributed by atoms with Crippen LogP contribution in [0.25, 0.3) is 33.0 Å². The Kier molecular flexibility index (Phi) is 4.91. The molecule has 5 rings (SSSR count). The molecule has 0 saturated heterocycles. The molecule has 5 aromatic rings. The van der Waals surface area contributed by atoms with Crippen LogP contribution in [0, 0.1) is 0 Å². The Hall–Kier alpha value is -3.65. The quantitative estimate of drug-likeness (QED) is 0.304. The number of aromatic nitrogens is 5. The summed E-state index contributed by atoms with van der Waals surface area (Å²) in [5.74, 6) is 1.18. The molecule has 31 heavy (non-hydrogen) atoms. The first kappa shape index (κ1) is 19.3. The molecule has 9 heteroatoms. The van der Waals surface area contributed by atoms with Crippen LogP contribution in [-0.4, -0.2) is 38.2 Å². The van der Waals surface area contributed by atoms with Crippen molar-refractivity contribution in [2.75, 3.05) is 24.7 Å². The van der Waals surface area contributed by atoms with Crippen molar-refractivity contribution < 1.29 is 4.74 Å². The van der Waals surface area contributed by atoms with Gasteiger partial charge in [-0.3, -0.25) is 0 Å². The van der Waals surface area contributed by atoms with E-state index in [0.717, 1.165) is 58.4 Å². The molecular weight excluding hydrogens is 414 g/mol. The van der Waals surface area contributed by atoms with E-state index in [0.29, 0.717) is 16.4 Å². The van der Waals surface area contributed by atoms with Crippen molar-refractivity contribution in [3.63, 3.8) is 0 Å². The molecule has 8 nitrogen and oxygen atoms in total. The number of hydrogen-bond acceptors (Lipinski definition) is 7. The predicted octanol–water partition coefficient (Wildman–Crippen LogP) is 4.27. The lowest BCUT2D eigenvalue weighted by Gasteiger charge is -2.14. The number of aryl methyl sites for hydroxylation is 1. The van der Waals surface area contributed by atoms with E-state index >= 15 is 0 Å². The fourth-order valence-electron chi connectivity index (χ4n) is 3.74. The third kappa shape index (κ3) is 3.55. The molecule has 156 valence electrons. The zero-order chi connectivity index (χ0) is 21.4. The van der Waals surface area contributed by atoms with Gasteiger partial charge in [-0.2, -0.15) is 0 Å². The molecule has 2 aromatic carbocycles. The summed E-state index contributed by atoms with van der Waals surface area (Å²) < 4.78 is 7.41. The van der Waals surface area contributed by atoms with Gasteiger partial charge in [0.1, 0.15) is 17.6 Å². The summed E-state index contributed by atoms with van der Waals surface area (Å²) in [6.07, 6.45) is 4.07. The number of nitrogens with two attached hydrogens (primary N) is 1. The lowest BCUT2D eigenvalue weighted by atomic mass is 10.1. The van der Waals surface area contributed by atoms with Gasteiger partial charge in [0.05, 0.1) is 30.2 Å². The van der Waals surface area contributed by atoms with Gasteiger partial charge in [0, 0.05) is 28.9 Å². The fraction of sp³-hybridized carbons (Fsp3) is 0.182. The molecule has 0 amide bonds. The molecule has 3 N–H and O–H groups in total. The third-order valence-electron chi connectivity index (χ3n) is 5.25. The van der Waals surface area contributed by atoms with Gasteiger partial charge in [-0.05, 0) is 42.8 Å². The zero-order valence-electron chi connectivity index (χ0n) is 16.8. The summed E-state index contributed by atoms with van der Waals surface area (Å²) in [7, 11) is 1.66. The van der Waals surface area contributed by atoms with Crippen molar-refractivity contribution in [2.24, 2.45) is 0 Å². The zero-order valence-corrected chi connectivity index (χ0v) is 17.6. The van der Waals surface area contributed by atoms with Crippen molar-refractivity contribution in [2.45, 2.75) is 13.0 Å². The number of nitrogens with zero attached hydrogens (tertiary/aromatic N) is 5. The summed E-state index contributed by atoms with van der Waals surface area (Å²) >= 11 is 6.20. The Balaban J connectivity index is 1.43. The average Bonchev–Trinajstić information content (AvgIpc) is 3.20. The molecule has 0 unspecified atom stereocenters. The monoisotopic (exact) mass is 433 g/mol. The first-order chi connectivity index (χ1) is 15.1. The lowest BCUT2D eigenvalue weighted by Crippen LogP contribution is -2.08. The first-order valence-electron chi connectivity index (χ1n) is 9.86. The standard InChI is InChI=1S/C22H20ClN7O/c1-31-14-4-6-17-16(10-14)19(15-5-3-13(23)9-18(15)29-17)25-7-2-8-30-12-28-20-21(24)26-11-27-22(20)30/h3-6,9-12H,2,7-8H2,1H3,(H,25,29)(H2,24,26,27). The van der Waals surface area contributed by atoms with Gasteiger partial charge in [0.25, 0.3) is 0 Å². The van der Waals surface area contributed by atoms with Gasteiger partial charge < -0.3 is 20.4 Å². The number of anilines is 2. The Bertz CT molecular complexity index is 1420. The molecule has 0 radical (unpaired) electrons. The van der Waals surface area contributed by atoms with Crippen LogP contribution in [0.2, 0.25) is 5.02 Å². The van der Waals surface area contributed by atoms with Gasteiger partial charge in [-0.25, -0.2) is 19.9 Å². The molecule has 3 heterocycles. The van der Waals surface area contributed by atoms with Crippen molar-refractivity contribution >= 4 is 56.1 Å². The highest BCUT2D eigenvalue weighted by Gasteiger charge is 2.11. The summed E-state index contributed by atoms with van der Waals surface area (Å²) in [5, 5.41) is 6.27. The number of methoxy groups -OCH3 is 1. The minimum absolute atomic E-state index is 0.393. The number of halogens is 1. The number of hydrogen-bond donors (Lipinski definition) is 2. The smallest absolute Gasteiger partial charge is 0.165 e. The summed E-state index contributed by atoms with van der Waals surface area (Å²) in [5.41, 5.74) is 9.99. The number of rotatable bonds is 6. The number of ether oxygens (including phenoxy) is 1. The Morgan fingerprint density at radius 3 is 2.84 bits per heavy atom. The second-order valence-electron chi connectivity index (χ2n) is 7.18. The van der Waals surface area contributed by atoms with Crippen LogP contribution in [-0.2, 0) is 6.54 Å².